The van der Waals surface area contributed by atoms with Gasteiger partial charge in [-0.2, -0.15) is 0 Å². The first-order valence-electron chi connectivity index (χ1n) is 6.85. The van der Waals surface area contributed by atoms with Crippen molar-refractivity contribution in [3.05, 3.63) is 35.4 Å². The number of aryl methyl sites for hydroxylation is 1. The third-order valence-corrected chi connectivity index (χ3v) is 3.46. The lowest BCUT2D eigenvalue weighted by atomic mass is 10.1. The fraction of sp³-hybridized carbons (Fsp3) is 0.533. The van der Waals surface area contributed by atoms with E-state index in [0.717, 1.165) is 44.6 Å². The van der Waals surface area contributed by atoms with Gasteiger partial charge in [-0.1, -0.05) is 25.1 Å². The highest BCUT2D eigenvalue weighted by Gasteiger charge is 2.14. The average molecular weight is 246 g/mol. The van der Waals surface area contributed by atoms with E-state index < -0.39 is 0 Å². The van der Waals surface area contributed by atoms with Crippen LogP contribution in [0.25, 0.3) is 0 Å². The Balaban J connectivity index is 1.97. The van der Waals surface area contributed by atoms with Gasteiger partial charge in [-0.25, -0.2) is 0 Å². The maximum atomic E-state index is 12.2. The molecular weight excluding hydrogens is 224 g/mol. The number of rotatable bonds is 4. The molecular formula is C15H22N2O. The van der Waals surface area contributed by atoms with Crippen LogP contribution in [-0.4, -0.2) is 43.4 Å². The molecule has 0 saturated carbocycles. The Labute approximate surface area is 109 Å². The van der Waals surface area contributed by atoms with Crippen molar-refractivity contribution in [1.29, 1.82) is 0 Å². The Bertz CT molecular complexity index is 395. The van der Waals surface area contributed by atoms with Crippen molar-refractivity contribution in [3.63, 3.8) is 0 Å². The molecule has 0 atom stereocenters. The summed E-state index contributed by atoms with van der Waals surface area (Å²) in [5, 5.41) is 3.36. The first-order valence-corrected chi connectivity index (χ1v) is 6.85. The molecule has 1 saturated heterocycles. The molecule has 1 aliphatic rings. The zero-order valence-electron chi connectivity index (χ0n) is 11.1. The second kappa shape index (κ2) is 6.66. The fourth-order valence-electron chi connectivity index (χ4n) is 2.32. The quantitative estimate of drug-likeness (QED) is 0.821. The van der Waals surface area contributed by atoms with Crippen LogP contribution in [0.3, 0.4) is 0 Å². The fourth-order valence-corrected chi connectivity index (χ4v) is 2.32. The van der Waals surface area contributed by atoms with E-state index in [-0.39, 0.29) is 5.78 Å². The van der Waals surface area contributed by atoms with Gasteiger partial charge in [0.25, 0.3) is 0 Å². The van der Waals surface area contributed by atoms with E-state index in [1.54, 1.807) is 0 Å². The molecule has 3 nitrogen and oxygen atoms in total. The van der Waals surface area contributed by atoms with Crippen molar-refractivity contribution in [2.24, 2.45) is 0 Å². The first-order chi connectivity index (χ1) is 8.79. The highest BCUT2D eigenvalue weighted by Crippen LogP contribution is 2.08. The molecule has 98 valence electrons. The van der Waals surface area contributed by atoms with Crippen molar-refractivity contribution in [2.75, 3.05) is 32.7 Å². The number of benzene rings is 1. The van der Waals surface area contributed by atoms with Gasteiger partial charge in [0.2, 0.25) is 0 Å². The molecule has 1 N–H and O–H groups in total. The molecule has 1 aliphatic heterocycles. The van der Waals surface area contributed by atoms with Gasteiger partial charge >= 0.3 is 0 Å². The summed E-state index contributed by atoms with van der Waals surface area (Å²) in [7, 11) is 0. The lowest BCUT2D eigenvalue weighted by molar-refractivity contribution is 0.0935. The minimum atomic E-state index is 0.243. The zero-order chi connectivity index (χ0) is 12.8. The summed E-state index contributed by atoms with van der Waals surface area (Å²) in [6, 6.07) is 8.01. The minimum Gasteiger partial charge on any atom is -0.315 e. The molecule has 0 aliphatic carbocycles. The van der Waals surface area contributed by atoms with Crippen LogP contribution in [0.2, 0.25) is 0 Å². The topological polar surface area (TPSA) is 32.3 Å². The zero-order valence-corrected chi connectivity index (χ0v) is 11.1. The van der Waals surface area contributed by atoms with Gasteiger partial charge < -0.3 is 5.32 Å². The maximum absolute atomic E-state index is 12.2. The van der Waals surface area contributed by atoms with E-state index >= 15 is 0 Å². The number of ketones is 1. The lowest BCUT2D eigenvalue weighted by Gasteiger charge is -2.18. The maximum Gasteiger partial charge on any atom is 0.176 e. The Morgan fingerprint density at radius 1 is 1.33 bits per heavy atom. The predicted molar refractivity (Wildman–Crippen MR) is 74.1 cm³/mol. The summed E-state index contributed by atoms with van der Waals surface area (Å²) in [4.78, 5) is 14.5. The largest absolute Gasteiger partial charge is 0.315 e. The summed E-state index contributed by atoms with van der Waals surface area (Å²) in [6.07, 6.45) is 2.11. The molecule has 3 heteroatoms. The smallest absolute Gasteiger partial charge is 0.176 e. The minimum absolute atomic E-state index is 0.243. The van der Waals surface area contributed by atoms with Gasteiger partial charge in [0, 0.05) is 18.7 Å². The van der Waals surface area contributed by atoms with Crippen molar-refractivity contribution < 1.29 is 4.79 Å². The normalized spacial score (nSPS) is 17.4. The Hall–Kier alpha value is -1.19. The summed E-state index contributed by atoms with van der Waals surface area (Å²) < 4.78 is 0. The van der Waals surface area contributed by atoms with Crippen LogP contribution < -0.4 is 5.32 Å². The molecule has 0 bridgehead atoms. The summed E-state index contributed by atoms with van der Waals surface area (Å²) in [5.41, 5.74) is 2.09. The van der Waals surface area contributed by atoms with Crippen molar-refractivity contribution >= 4 is 5.78 Å². The Morgan fingerprint density at radius 2 is 2.22 bits per heavy atom. The predicted octanol–water partition coefficient (Wildman–Crippen LogP) is 1.73. The third kappa shape index (κ3) is 3.65. The molecule has 2 rings (SSSR count). The molecule has 0 spiro atoms. The van der Waals surface area contributed by atoms with Gasteiger partial charge in [0.15, 0.2) is 5.78 Å². The highest BCUT2D eigenvalue weighted by atomic mass is 16.1. The average Bonchev–Trinajstić information content (AvgIpc) is 2.67. The van der Waals surface area contributed by atoms with E-state index in [1.165, 1.54) is 5.56 Å². The third-order valence-electron chi connectivity index (χ3n) is 3.46. The highest BCUT2D eigenvalue weighted by molar-refractivity contribution is 5.97. The monoisotopic (exact) mass is 246 g/mol. The summed E-state index contributed by atoms with van der Waals surface area (Å²) in [6.45, 7) is 6.71. The van der Waals surface area contributed by atoms with E-state index in [4.69, 9.17) is 0 Å². The second-order valence-corrected chi connectivity index (χ2v) is 4.86. The molecule has 1 heterocycles. The van der Waals surface area contributed by atoms with Gasteiger partial charge in [-0.05, 0) is 37.6 Å². The van der Waals surface area contributed by atoms with Gasteiger partial charge in [0.1, 0.15) is 0 Å². The molecule has 0 aromatic heterocycles. The number of nitrogens with zero attached hydrogens (tertiary/aromatic N) is 1. The number of Topliss-reactive ketones (excluding diaryl/α,β-unsaturated/α-hetero) is 1. The second-order valence-electron chi connectivity index (χ2n) is 4.86. The number of hydrogen-bond donors (Lipinski definition) is 1. The SMILES string of the molecule is CCc1cccc(C(=O)CN2CCCNCC2)c1. The van der Waals surface area contributed by atoms with E-state index in [9.17, 15) is 4.79 Å². The van der Waals surface area contributed by atoms with Crippen LogP contribution in [0, 0.1) is 0 Å². The Kier molecular flexibility index (Phi) is 4.90. The summed E-state index contributed by atoms with van der Waals surface area (Å²) >= 11 is 0. The first kappa shape index (κ1) is 13.2. The van der Waals surface area contributed by atoms with Crippen molar-refractivity contribution in [3.8, 4) is 0 Å². The number of hydrogen-bond acceptors (Lipinski definition) is 3. The number of carbonyl (C=O) groups is 1. The van der Waals surface area contributed by atoms with Gasteiger partial charge in [-0.15, -0.1) is 0 Å². The van der Waals surface area contributed by atoms with Crippen LogP contribution >= 0.6 is 0 Å². The van der Waals surface area contributed by atoms with Crippen molar-refractivity contribution in [1.82, 2.24) is 10.2 Å². The Morgan fingerprint density at radius 3 is 3.06 bits per heavy atom. The molecule has 1 fully saturated rings. The van der Waals surface area contributed by atoms with E-state index in [0.29, 0.717) is 6.54 Å². The lowest BCUT2D eigenvalue weighted by Crippen LogP contribution is -2.33. The summed E-state index contributed by atoms with van der Waals surface area (Å²) in [5.74, 6) is 0.243. The van der Waals surface area contributed by atoms with Gasteiger partial charge in [-0.3, -0.25) is 9.69 Å². The molecule has 0 radical (unpaired) electrons. The number of nitrogens with one attached hydrogen (secondary N) is 1. The van der Waals surface area contributed by atoms with Crippen LogP contribution in [0.5, 0.6) is 0 Å². The van der Waals surface area contributed by atoms with E-state index in [2.05, 4.69) is 23.2 Å². The standard InChI is InChI=1S/C15H22N2O/c1-2-13-5-3-6-14(11-13)15(18)12-17-9-4-7-16-8-10-17/h3,5-6,11,16H,2,4,7-10,12H2,1H3. The molecule has 0 unspecified atom stereocenters. The molecule has 1 aromatic carbocycles. The van der Waals surface area contributed by atoms with Crippen molar-refractivity contribution in [2.45, 2.75) is 19.8 Å². The number of carbonyl (C=O) groups excluding carboxylic acids is 1. The molecule has 1 aromatic rings. The van der Waals surface area contributed by atoms with Crippen LogP contribution in [0.1, 0.15) is 29.3 Å². The van der Waals surface area contributed by atoms with Gasteiger partial charge in [0.05, 0.1) is 6.54 Å². The van der Waals surface area contributed by atoms with Crippen LogP contribution in [0.15, 0.2) is 24.3 Å². The molecule has 0 amide bonds. The van der Waals surface area contributed by atoms with Crippen LogP contribution in [-0.2, 0) is 6.42 Å². The molecule has 18 heavy (non-hydrogen) atoms. The van der Waals surface area contributed by atoms with Crippen LogP contribution in [0.4, 0.5) is 0 Å². The van der Waals surface area contributed by atoms with E-state index in [1.807, 2.05) is 18.2 Å².